The largest absolute Gasteiger partial charge is 0.481 e. The smallest absolute Gasteiger partial charge is 0.303 e. The predicted octanol–water partition coefficient (Wildman–Crippen LogP) is 6.81. The first kappa shape index (κ1) is 20.0. The van der Waals surface area contributed by atoms with Crippen molar-refractivity contribution < 1.29 is 9.90 Å². The van der Waals surface area contributed by atoms with E-state index in [4.69, 9.17) is 5.11 Å². The van der Waals surface area contributed by atoms with Crippen LogP contribution in [0.4, 0.5) is 0 Å². The van der Waals surface area contributed by atoms with Crippen LogP contribution in [0.15, 0.2) is 23.8 Å². The number of hydrogen-bond donors (Lipinski definition) is 1. The van der Waals surface area contributed by atoms with Gasteiger partial charge in [0, 0.05) is 6.42 Å². The second-order valence-corrected chi connectivity index (χ2v) is 6.95. The topological polar surface area (TPSA) is 37.3 Å². The highest BCUT2D eigenvalue weighted by Crippen LogP contribution is 2.19. The Bertz CT molecular complexity index is 355. The van der Waals surface area contributed by atoms with Crippen molar-refractivity contribution in [1.82, 2.24) is 0 Å². The first-order chi connectivity index (χ1) is 11.3. The standard InChI is InChI=1S/C21H36O2/c22-21(23)19-13-11-9-7-5-3-1-2-4-6-8-10-12-16-20-17-14-15-18-20/h14-15,17H,1-13,16,18-19H2,(H,22,23). The van der Waals surface area contributed by atoms with E-state index >= 15 is 0 Å². The van der Waals surface area contributed by atoms with Gasteiger partial charge in [-0.2, -0.15) is 0 Å². The summed E-state index contributed by atoms with van der Waals surface area (Å²) >= 11 is 0. The first-order valence-electron chi connectivity index (χ1n) is 9.85. The number of rotatable bonds is 16. The second-order valence-electron chi connectivity index (χ2n) is 6.95. The number of allylic oxidation sites excluding steroid dienone is 4. The van der Waals surface area contributed by atoms with Crippen LogP contribution >= 0.6 is 0 Å². The lowest BCUT2D eigenvalue weighted by Crippen LogP contribution is -1.93. The highest BCUT2D eigenvalue weighted by Gasteiger charge is 1.99. The van der Waals surface area contributed by atoms with Crippen LogP contribution in [0.3, 0.4) is 0 Å². The summed E-state index contributed by atoms with van der Waals surface area (Å²) in [5.74, 6) is -0.655. The first-order valence-corrected chi connectivity index (χ1v) is 9.85. The number of unbranched alkanes of at least 4 members (excludes halogenated alkanes) is 12. The molecule has 0 amide bonds. The summed E-state index contributed by atoms with van der Waals surface area (Å²) in [5.41, 5.74) is 1.62. The van der Waals surface area contributed by atoms with Gasteiger partial charge in [-0.15, -0.1) is 0 Å². The van der Waals surface area contributed by atoms with Gasteiger partial charge in [-0.1, -0.05) is 94.4 Å². The minimum Gasteiger partial charge on any atom is -0.481 e. The van der Waals surface area contributed by atoms with E-state index in [1.165, 1.54) is 83.5 Å². The molecule has 0 atom stereocenters. The average Bonchev–Trinajstić information content (AvgIpc) is 3.04. The van der Waals surface area contributed by atoms with Gasteiger partial charge in [0.25, 0.3) is 0 Å². The lowest BCUT2D eigenvalue weighted by molar-refractivity contribution is -0.137. The van der Waals surface area contributed by atoms with Gasteiger partial charge >= 0.3 is 5.97 Å². The summed E-state index contributed by atoms with van der Waals surface area (Å²) in [6.45, 7) is 0. The molecule has 1 rings (SSSR count). The zero-order valence-corrected chi connectivity index (χ0v) is 14.9. The summed E-state index contributed by atoms with van der Waals surface area (Å²) in [4.78, 5) is 10.4. The molecule has 0 aromatic carbocycles. The van der Waals surface area contributed by atoms with Crippen molar-refractivity contribution in [1.29, 1.82) is 0 Å². The fourth-order valence-electron chi connectivity index (χ4n) is 3.25. The zero-order chi connectivity index (χ0) is 16.6. The molecule has 23 heavy (non-hydrogen) atoms. The van der Waals surface area contributed by atoms with Crippen molar-refractivity contribution >= 4 is 5.97 Å². The quantitative estimate of drug-likeness (QED) is 0.317. The van der Waals surface area contributed by atoms with Gasteiger partial charge in [0.05, 0.1) is 0 Å². The van der Waals surface area contributed by atoms with E-state index in [9.17, 15) is 4.79 Å². The Balaban J connectivity index is 1.67. The summed E-state index contributed by atoms with van der Waals surface area (Å²) < 4.78 is 0. The Kier molecular flexibility index (Phi) is 12.6. The molecule has 2 heteroatoms. The van der Waals surface area contributed by atoms with E-state index in [1.807, 2.05) is 0 Å². The third-order valence-corrected chi connectivity index (χ3v) is 4.74. The molecule has 0 spiro atoms. The molecule has 0 unspecified atom stereocenters. The summed E-state index contributed by atoms with van der Waals surface area (Å²) in [5, 5.41) is 8.55. The molecule has 0 aromatic heterocycles. The third kappa shape index (κ3) is 13.1. The maximum Gasteiger partial charge on any atom is 0.303 e. The maximum atomic E-state index is 10.4. The predicted molar refractivity (Wildman–Crippen MR) is 98.7 cm³/mol. The van der Waals surface area contributed by atoms with Crippen LogP contribution in [0.1, 0.15) is 103 Å². The van der Waals surface area contributed by atoms with Crippen LogP contribution in [-0.4, -0.2) is 11.1 Å². The van der Waals surface area contributed by atoms with Crippen molar-refractivity contribution in [3.63, 3.8) is 0 Å². The molecule has 1 N–H and O–H groups in total. The fourth-order valence-corrected chi connectivity index (χ4v) is 3.25. The van der Waals surface area contributed by atoms with Crippen LogP contribution in [0, 0.1) is 0 Å². The van der Waals surface area contributed by atoms with Gasteiger partial charge in [-0.25, -0.2) is 0 Å². The second kappa shape index (κ2) is 14.5. The molecule has 2 nitrogen and oxygen atoms in total. The number of aliphatic carboxylic acids is 1. The molecular weight excluding hydrogens is 284 g/mol. The zero-order valence-electron chi connectivity index (χ0n) is 14.9. The normalized spacial score (nSPS) is 13.5. The van der Waals surface area contributed by atoms with E-state index in [-0.39, 0.29) is 0 Å². The van der Waals surface area contributed by atoms with Gasteiger partial charge in [0.2, 0.25) is 0 Å². The minimum absolute atomic E-state index is 0.342. The van der Waals surface area contributed by atoms with E-state index in [0.717, 1.165) is 12.8 Å². The molecule has 0 radical (unpaired) electrons. The lowest BCUT2D eigenvalue weighted by atomic mass is 10.0. The molecule has 1 aliphatic carbocycles. The monoisotopic (exact) mass is 320 g/mol. The molecule has 132 valence electrons. The third-order valence-electron chi connectivity index (χ3n) is 4.74. The number of hydrogen-bond acceptors (Lipinski definition) is 1. The molecule has 0 aromatic rings. The molecule has 0 saturated carbocycles. The maximum absolute atomic E-state index is 10.4. The van der Waals surface area contributed by atoms with Crippen molar-refractivity contribution in [3.8, 4) is 0 Å². The van der Waals surface area contributed by atoms with Crippen molar-refractivity contribution in [2.24, 2.45) is 0 Å². The van der Waals surface area contributed by atoms with Gasteiger partial charge < -0.3 is 5.11 Å². The van der Waals surface area contributed by atoms with E-state index in [0.29, 0.717) is 6.42 Å². The van der Waals surface area contributed by atoms with Crippen molar-refractivity contribution in [3.05, 3.63) is 23.8 Å². The van der Waals surface area contributed by atoms with Crippen molar-refractivity contribution in [2.75, 3.05) is 0 Å². The molecule has 0 heterocycles. The highest BCUT2D eigenvalue weighted by atomic mass is 16.4. The van der Waals surface area contributed by atoms with Crippen LogP contribution in [0.5, 0.6) is 0 Å². The Labute approximate surface area is 143 Å². The highest BCUT2D eigenvalue weighted by molar-refractivity contribution is 5.66. The van der Waals surface area contributed by atoms with Crippen LogP contribution < -0.4 is 0 Å². The number of carboxylic acid groups (broad SMARTS) is 1. The van der Waals surface area contributed by atoms with Gasteiger partial charge in [-0.05, 0) is 25.7 Å². The summed E-state index contributed by atoms with van der Waals surface area (Å²) in [6.07, 6.45) is 26.4. The average molecular weight is 321 g/mol. The summed E-state index contributed by atoms with van der Waals surface area (Å²) in [7, 11) is 0. The molecule has 0 fully saturated rings. The molecule has 0 saturated heterocycles. The van der Waals surface area contributed by atoms with Gasteiger partial charge in [-0.3, -0.25) is 4.79 Å². The van der Waals surface area contributed by atoms with E-state index in [1.54, 1.807) is 5.57 Å². The van der Waals surface area contributed by atoms with Crippen LogP contribution in [0.2, 0.25) is 0 Å². The SMILES string of the molecule is O=C(O)CCCCCCCCCCCCCCCC1=CC=CC1. The Morgan fingerprint density at radius 2 is 1.26 bits per heavy atom. The molecule has 0 bridgehead atoms. The van der Waals surface area contributed by atoms with Crippen molar-refractivity contribution in [2.45, 2.75) is 103 Å². The van der Waals surface area contributed by atoms with E-state index in [2.05, 4.69) is 18.2 Å². The summed E-state index contributed by atoms with van der Waals surface area (Å²) in [6, 6.07) is 0. The molecule has 1 aliphatic rings. The molecule has 0 aliphatic heterocycles. The van der Waals surface area contributed by atoms with E-state index < -0.39 is 5.97 Å². The lowest BCUT2D eigenvalue weighted by Gasteiger charge is -2.04. The Morgan fingerprint density at radius 3 is 1.70 bits per heavy atom. The van der Waals surface area contributed by atoms with Gasteiger partial charge in [0.1, 0.15) is 0 Å². The number of carboxylic acids is 1. The van der Waals surface area contributed by atoms with Crippen LogP contribution in [0.25, 0.3) is 0 Å². The minimum atomic E-state index is -0.655. The fraction of sp³-hybridized carbons (Fsp3) is 0.762. The molecular formula is C21H36O2. The Hall–Kier alpha value is -1.05. The van der Waals surface area contributed by atoms with Crippen LogP contribution in [-0.2, 0) is 4.79 Å². The Morgan fingerprint density at radius 1 is 0.783 bits per heavy atom. The number of carbonyl (C=O) groups is 1. The van der Waals surface area contributed by atoms with Gasteiger partial charge in [0.15, 0.2) is 0 Å².